The van der Waals surface area contributed by atoms with E-state index in [1.165, 1.54) is 6.92 Å². The Morgan fingerprint density at radius 3 is 2.40 bits per heavy atom. The molecule has 0 fully saturated rings. The fourth-order valence-electron chi connectivity index (χ4n) is 2.11. The Bertz CT molecular complexity index is 504. The molecule has 3 unspecified atom stereocenters. The summed E-state index contributed by atoms with van der Waals surface area (Å²) in [6.07, 6.45) is -2.43. The summed E-state index contributed by atoms with van der Waals surface area (Å²) in [6.45, 7) is 2.60. The van der Waals surface area contributed by atoms with Gasteiger partial charge in [0.1, 0.15) is 12.0 Å². The van der Waals surface area contributed by atoms with E-state index in [4.69, 9.17) is 9.47 Å². The highest BCUT2D eigenvalue weighted by molar-refractivity contribution is 5.73. The monoisotopic (exact) mass is 286 g/mol. The summed E-state index contributed by atoms with van der Waals surface area (Å²) in [5.74, 6) is -5.34. The van der Waals surface area contributed by atoms with Crippen LogP contribution in [0.2, 0.25) is 0 Å². The first-order valence-electron chi connectivity index (χ1n) is 6.26. The van der Waals surface area contributed by atoms with Crippen LogP contribution in [0.5, 0.6) is 11.5 Å². The smallest absolute Gasteiger partial charge is 0.314 e. The standard InChI is InChI=1S/C14H16F2O4/c1-8(13(17)18-3)14(15,16)12-9(2)19-10-6-4-5-7-11(10)20-12/h4-9,12H,1-3H3. The van der Waals surface area contributed by atoms with E-state index in [2.05, 4.69) is 4.74 Å². The summed E-state index contributed by atoms with van der Waals surface area (Å²) in [7, 11) is 1.08. The van der Waals surface area contributed by atoms with E-state index in [1.54, 1.807) is 24.3 Å². The van der Waals surface area contributed by atoms with Crippen LogP contribution in [-0.2, 0) is 9.53 Å². The van der Waals surface area contributed by atoms with Crippen molar-refractivity contribution in [2.75, 3.05) is 7.11 Å². The molecule has 1 aliphatic heterocycles. The number of carbonyl (C=O) groups excluding carboxylic acids is 1. The van der Waals surface area contributed by atoms with Crippen LogP contribution < -0.4 is 9.47 Å². The highest BCUT2D eigenvalue weighted by atomic mass is 19.3. The molecule has 0 saturated heterocycles. The van der Waals surface area contributed by atoms with Gasteiger partial charge in [0.2, 0.25) is 0 Å². The Morgan fingerprint density at radius 1 is 1.30 bits per heavy atom. The van der Waals surface area contributed by atoms with Gasteiger partial charge in [-0.3, -0.25) is 4.79 Å². The molecule has 0 bridgehead atoms. The van der Waals surface area contributed by atoms with Gasteiger partial charge < -0.3 is 14.2 Å². The van der Waals surface area contributed by atoms with Gasteiger partial charge >= 0.3 is 11.9 Å². The second-order valence-electron chi connectivity index (χ2n) is 4.73. The molecule has 0 radical (unpaired) electrons. The number of rotatable bonds is 3. The van der Waals surface area contributed by atoms with Crippen LogP contribution in [0.4, 0.5) is 8.78 Å². The summed E-state index contributed by atoms with van der Waals surface area (Å²) in [5, 5.41) is 0. The average molecular weight is 286 g/mol. The minimum atomic E-state index is -3.40. The fourth-order valence-corrected chi connectivity index (χ4v) is 2.11. The normalized spacial score (nSPS) is 23.1. The number of ether oxygens (including phenoxy) is 3. The van der Waals surface area contributed by atoms with E-state index in [0.717, 1.165) is 14.0 Å². The lowest BCUT2D eigenvalue weighted by atomic mass is 9.94. The number of methoxy groups -OCH3 is 1. The molecule has 1 aromatic carbocycles. The van der Waals surface area contributed by atoms with Gasteiger partial charge in [-0.25, -0.2) is 8.78 Å². The van der Waals surface area contributed by atoms with Crippen LogP contribution in [0.1, 0.15) is 13.8 Å². The summed E-state index contributed by atoms with van der Waals surface area (Å²) < 4.78 is 43.9. The minimum absolute atomic E-state index is 0.243. The molecule has 1 aromatic rings. The maximum atomic E-state index is 14.4. The lowest BCUT2D eigenvalue weighted by molar-refractivity contribution is -0.188. The Kier molecular flexibility index (Phi) is 3.83. The molecule has 3 atom stereocenters. The molecule has 6 heteroatoms. The molecule has 0 saturated carbocycles. The molecule has 0 amide bonds. The van der Waals surface area contributed by atoms with E-state index in [0.29, 0.717) is 5.75 Å². The van der Waals surface area contributed by atoms with Crippen molar-refractivity contribution in [2.45, 2.75) is 32.0 Å². The third kappa shape index (κ3) is 2.42. The van der Waals surface area contributed by atoms with Gasteiger partial charge in [0.05, 0.1) is 7.11 Å². The average Bonchev–Trinajstić information content (AvgIpc) is 2.44. The van der Waals surface area contributed by atoms with Crippen LogP contribution in [0, 0.1) is 5.92 Å². The van der Waals surface area contributed by atoms with Crippen LogP contribution in [-0.4, -0.2) is 31.2 Å². The number of alkyl halides is 2. The first kappa shape index (κ1) is 14.6. The van der Waals surface area contributed by atoms with Gasteiger partial charge in [-0.1, -0.05) is 12.1 Å². The van der Waals surface area contributed by atoms with Gasteiger partial charge in [-0.15, -0.1) is 0 Å². The number of hydrogen-bond donors (Lipinski definition) is 0. The van der Waals surface area contributed by atoms with E-state index in [-0.39, 0.29) is 5.75 Å². The van der Waals surface area contributed by atoms with Crippen molar-refractivity contribution in [3.05, 3.63) is 24.3 Å². The third-order valence-electron chi connectivity index (χ3n) is 3.35. The molecular formula is C14H16F2O4. The second kappa shape index (κ2) is 5.26. The molecule has 0 aliphatic carbocycles. The highest BCUT2D eigenvalue weighted by Crippen LogP contribution is 2.41. The molecular weight excluding hydrogens is 270 g/mol. The number of esters is 1. The van der Waals surface area contributed by atoms with Crippen LogP contribution in [0.3, 0.4) is 0 Å². The van der Waals surface area contributed by atoms with Crippen molar-refractivity contribution in [1.82, 2.24) is 0 Å². The molecule has 0 spiro atoms. The Morgan fingerprint density at radius 2 is 1.85 bits per heavy atom. The number of para-hydroxylation sites is 2. The molecule has 4 nitrogen and oxygen atoms in total. The van der Waals surface area contributed by atoms with Crippen molar-refractivity contribution in [3.8, 4) is 11.5 Å². The Balaban J connectivity index is 2.27. The van der Waals surface area contributed by atoms with E-state index < -0.39 is 30.0 Å². The highest BCUT2D eigenvalue weighted by Gasteiger charge is 2.54. The predicted molar refractivity (Wildman–Crippen MR) is 67.1 cm³/mol. The molecule has 1 heterocycles. The quantitative estimate of drug-likeness (QED) is 0.801. The van der Waals surface area contributed by atoms with E-state index in [9.17, 15) is 13.6 Å². The number of halogens is 2. The zero-order valence-electron chi connectivity index (χ0n) is 11.4. The first-order chi connectivity index (χ1) is 9.37. The molecule has 0 N–H and O–H groups in total. The molecule has 0 aromatic heterocycles. The topological polar surface area (TPSA) is 44.8 Å². The van der Waals surface area contributed by atoms with E-state index >= 15 is 0 Å². The zero-order chi connectivity index (χ0) is 14.9. The van der Waals surface area contributed by atoms with Crippen LogP contribution in [0.15, 0.2) is 24.3 Å². The van der Waals surface area contributed by atoms with Gasteiger partial charge in [0.25, 0.3) is 0 Å². The van der Waals surface area contributed by atoms with Crippen molar-refractivity contribution >= 4 is 5.97 Å². The van der Waals surface area contributed by atoms with Crippen LogP contribution >= 0.6 is 0 Å². The molecule has 1 aliphatic rings. The van der Waals surface area contributed by atoms with Gasteiger partial charge in [0.15, 0.2) is 17.6 Å². The maximum absolute atomic E-state index is 14.4. The SMILES string of the molecule is COC(=O)C(C)C(F)(F)C1Oc2ccccc2OC1C. The fraction of sp³-hybridized carbons (Fsp3) is 0.500. The minimum Gasteiger partial charge on any atom is -0.483 e. The number of carbonyl (C=O) groups is 1. The van der Waals surface area contributed by atoms with Crippen molar-refractivity contribution in [1.29, 1.82) is 0 Å². The van der Waals surface area contributed by atoms with Crippen molar-refractivity contribution in [2.24, 2.45) is 5.92 Å². The lowest BCUT2D eigenvalue weighted by Crippen LogP contribution is -2.54. The Hall–Kier alpha value is -1.85. The summed E-state index contributed by atoms with van der Waals surface area (Å²) >= 11 is 0. The lowest BCUT2D eigenvalue weighted by Gasteiger charge is -2.37. The summed E-state index contributed by atoms with van der Waals surface area (Å²) in [4.78, 5) is 11.4. The van der Waals surface area contributed by atoms with Gasteiger partial charge in [-0.2, -0.15) is 0 Å². The maximum Gasteiger partial charge on any atom is 0.314 e. The summed E-state index contributed by atoms with van der Waals surface area (Å²) in [5.41, 5.74) is 0. The first-order valence-corrected chi connectivity index (χ1v) is 6.26. The number of fused-ring (bicyclic) bond motifs is 1. The third-order valence-corrected chi connectivity index (χ3v) is 3.35. The van der Waals surface area contributed by atoms with Crippen molar-refractivity contribution in [3.63, 3.8) is 0 Å². The second-order valence-corrected chi connectivity index (χ2v) is 4.73. The van der Waals surface area contributed by atoms with Crippen molar-refractivity contribution < 1.29 is 27.8 Å². The largest absolute Gasteiger partial charge is 0.483 e. The number of benzene rings is 1. The van der Waals surface area contributed by atoms with E-state index in [1.807, 2.05) is 0 Å². The Labute approximate surface area is 115 Å². The van der Waals surface area contributed by atoms with Gasteiger partial charge in [0, 0.05) is 0 Å². The summed E-state index contributed by atoms with van der Waals surface area (Å²) in [6, 6.07) is 6.58. The molecule has 20 heavy (non-hydrogen) atoms. The van der Waals surface area contributed by atoms with Crippen LogP contribution in [0.25, 0.3) is 0 Å². The molecule has 110 valence electrons. The predicted octanol–water partition coefficient (Wildman–Crippen LogP) is 2.66. The molecule has 2 rings (SSSR count). The number of hydrogen-bond acceptors (Lipinski definition) is 4. The van der Waals surface area contributed by atoms with Gasteiger partial charge in [-0.05, 0) is 26.0 Å². The zero-order valence-corrected chi connectivity index (χ0v) is 11.4.